The molecule has 0 bridgehead atoms. The number of aromatic nitrogens is 2. The second-order valence-electron chi connectivity index (χ2n) is 2.63. The fourth-order valence-corrected chi connectivity index (χ4v) is 1.60. The highest BCUT2D eigenvalue weighted by Gasteiger charge is 2.07. The Morgan fingerprint density at radius 3 is 1.57 bits per heavy atom. The van der Waals surface area contributed by atoms with Gasteiger partial charge >= 0.3 is 0 Å². The van der Waals surface area contributed by atoms with Gasteiger partial charge in [-0.15, -0.1) is 0 Å². The Morgan fingerprint density at radius 1 is 0.857 bits per heavy atom. The fourth-order valence-electron chi connectivity index (χ4n) is 1.04. The zero-order valence-corrected chi connectivity index (χ0v) is 9.87. The van der Waals surface area contributed by atoms with Gasteiger partial charge in [0.05, 0.1) is 11.0 Å². The maximum Gasteiger partial charge on any atom is 0.159 e. The molecule has 0 radical (unpaired) electrons. The van der Waals surface area contributed by atoms with E-state index in [1.54, 1.807) is 0 Å². The highest BCUT2D eigenvalue weighted by Crippen LogP contribution is 2.30. The maximum absolute atomic E-state index is 9.23. The molecule has 0 aliphatic heterocycles. The number of phenols is 2. The van der Waals surface area contributed by atoms with Crippen LogP contribution in [0.2, 0.25) is 0 Å². The van der Waals surface area contributed by atoms with E-state index in [2.05, 4.69) is 41.8 Å². The number of nitrogens with zero attached hydrogens (tertiary/aromatic N) is 2. The highest BCUT2D eigenvalue weighted by molar-refractivity contribution is 9.13. The predicted octanol–water partition coefficient (Wildman–Crippen LogP) is 2.57. The topological polar surface area (TPSA) is 66.2 Å². The molecule has 0 saturated heterocycles. The van der Waals surface area contributed by atoms with Crippen LogP contribution in [0.3, 0.4) is 0 Å². The first-order valence-electron chi connectivity index (χ1n) is 3.62. The zero-order valence-electron chi connectivity index (χ0n) is 6.70. The molecule has 6 heteroatoms. The number of aromatic hydroxyl groups is 2. The molecule has 0 amide bonds. The third-order valence-corrected chi connectivity index (χ3v) is 3.32. The number of fused-ring (bicyclic) bond motifs is 1. The van der Waals surface area contributed by atoms with Gasteiger partial charge in [-0.2, -0.15) is 0 Å². The number of hydrogen-bond donors (Lipinski definition) is 2. The SMILES string of the molecule is Oc1cc2nc(Br)c(Br)nc2cc1O. The molecule has 0 aliphatic rings. The minimum absolute atomic E-state index is 0.207. The van der Waals surface area contributed by atoms with Crippen molar-refractivity contribution in [2.75, 3.05) is 0 Å². The Hall–Kier alpha value is -0.880. The summed E-state index contributed by atoms with van der Waals surface area (Å²) in [5.74, 6) is -0.415. The Kier molecular flexibility index (Phi) is 2.32. The van der Waals surface area contributed by atoms with Crippen molar-refractivity contribution in [2.45, 2.75) is 0 Å². The van der Waals surface area contributed by atoms with Gasteiger partial charge in [-0.25, -0.2) is 9.97 Å². The highest BCUT2D eigenvalue weighted by atomic mass is 79.9. The summed E-state index contributed by atoms with van der Waals surface area (Å²) in [4.78, 5) is 8.23. The normalized spacial score (nSPS) is 10.7. The third kappa shape index (κ3) is 1.55. The molecule has 0 unspecified atom stereocenters. The first kappa shape index (κ1) is 9.67. The van der Waals surface area contributed by atoms with Crippen LogP contribution in [-0.4, -0.2) is 20.2 Å². The zero-order chi connectivity index (χ0) is 10.3. The molecule has 2 aromatic rings. The van der Waals surface area contributed by atoms with E-state index in [9.17, 15) is 10.2 Å². The second kappa shape index (κ2) is 3.36. The summed E-state index contributed by atoms with van der Waals surface area (Å²) in [6, 6.07) is 2.71. The lowest BCUT2D eigenvalue weighted by atomic mass is 10.2. The number of hydrogen-bond acceptors (Lipinski definition) is 4. The summed E-state index contributed by atoms with van der Waals surface area (Å²) in [6.07, 6.45) is 0. The van der Waals surface area contributed by atoms with Crippen molar-refractivity contribution in [2.24, 2.45) is 0 Å². The van der Waals surface area contributed by atoms with Crippen molar-refractivity contribution >= 4 is 42.9 Å². The van der Waals surface area contributed by atoms with Crippen molar-refractivity contribution < 1.29 is 10.2 Å². The van der Waals surface area contributed by atoms with E-state index >= 15 is 0 Å². The minimum Gasteiger partial charge on any atom is -0.504 e. The predicted molar refractivity (Wildman–Crippen MR) is 58.3 cm³/mol. The summed E-state index contributed by atoms with van der Waals surface area (Å²) < 4.78 is 1.10. The molecule has 0 aliphatic carbocycles. The summed E-state index contributed by atoms with van der Waals surface area (Å²) in [5.41, 5.74) is 1.02. The van der Waals surface area contributed by atoms with Crippen LogP contribution in [0.4, 0.5) is 0 Å². The van der Waals surface area contributed by atoms with Gasteiger partial charge in [0.25, 0.3) is 0 Å². The first-order valence-corrected chi connectivity index (χ1v) is 5.21. The quantitative estimate of drug-likeness (QED) is 0.732. The van der Waals surface area contributed by atoms with Gasteiger partial charge in [0.15, 0.2) is 11.5 Å². The number of halogens is 2. The average Bonchev–Trinajstić information content (AvgIpc) is 2.11. The van der Waals surface area contributed by atoms with Gasteiger partial charge in [-0.1, -0.05) is 0 Å². The standard InChI is InChI=1S/C8H4Br2N2O2/c9-7-8(10)12-4-2-6(14)5(13)1-3(4)11-7/h1-2,13-14H. The van der Waals surface area contributed by atoms with Crippen LogP contribution in [0.1, 0.15) is 0 Å². The lowest BCUT2D eigenvalue weighted by Gasteiger charge is -2.02. The first-order chi connectivity index (χ1) is 6.58. The molecule has 0 atom stereocenters. The van der Waals surface area contributed by atoms with E-state index < -0.39 is 0 Å². The van der Waals surface area contributed by atoms with E-state index in [1.165, 1.54) is 12.1 Å². The molecule has 1 aromatic heterocycles. The summed E-state index contributed by atoms with van der Waals surface area (Å²) in [6.45, 7) is 0. The molecular weight excluding hydrogens is 316 g/mol. The van der Waals surface area contributed by atoms with Gasteiger partial charge in [0, 0.05) is 12.1 Å². The monoisotopic (exact) mass is 318 g/mol. The molecule has 2 N–H and O–H groups in total. The molecule has 14 heavy (non-hydrogen) atoms. The summed E-state index contributed by atoms with van der Waals surface area (Å²) >= 11 is 6.39. The van der Waals surface area contributed by atoms with Crippen LogP contribution in [0, 0.1) is 0 Å². The van der Waals surface area contributed by atoms with Crippen molar-refractivity contribution in [3.05, 3.63) is 21.3 Å². The summed E-state index contributed by atoms with van der Waals surface area (Å²) in [5, 5.41) is 18.5. The maximum atomic E-state index is 9.23. The molecular formula is C8H4Br2N2O2. The molecule has 0 saturated carbocycles. The van der Waals surface area contributed by atoms with E-state index in [-0.39, 0.29) is 11.5 Å². The van der Waals surface area contributed by atoms with Crippen LogP contribution >= 0.6 is 31.9 Å². The Labute approximate surface area is 95.9 Å². The van der Waals surface area contributed by atoms with Gasteiger partial charge in [0.2, 0.25) is 0 Å². The van der Waals surface area contributed by atoms with E-state index in [0.717, 1.165) is 0 Å². The van der Waals surface area contributed by atoms with E-state index in [4.69, 9.17) is 0 Å². The lowest BCUT2D eigenvalue weighted by molar-refractivity contribution is 0.404. The van der Waals surface area contributed by atoms with Crippen LogP contribution in [0.25, 0.3) is 11.0 Å². The third-order valence-electron chi connectivity index (χ3n) is 1.68. The van der Waals surface area contributed by atoms with Crippen LogP contribution in [0.15, 0.2) is 21.3 Å². The Bertz CT molecular complexity index is 427. The number of rotatable bonds is 0. The largest absolute Gasteiger partial charge is 0.504 e. The van der Waals surface area contributed by atoms with E-state index in [0.29, 0.717) is 20.2 Å². The average molecular weight is 320 g/mol. The fraction of sp³-hybridized carbons (Fsp3) is 0. The van der Waals surface area contributed by atoms with Crippen molar-refractivity contribution in [1.29, 1.82) is 0 Å². The second-order valence-corrected chi connectivity index (χ2v) is 4.14. The summed E-state index contributed by atoms with van der Waals surface area (Å²) in [7, 11) is 0. The number of benzene rings is 1. The van der Waals surface area contributed by atoms with Crippen LogP contribution in [0.5, 0.6) is 11.5 Å². The van der Waals surface area contributed by atoms with Crippen LogP contribution in [-0.2, 0) is 0 Å². The molecule has 72 valence electrons. The molecule has 4 nitrogen and oxygen atoms in total. The smallest absolute Gasteiger partial charge is 0.159 e. The molecule has 2 rings (SSSR count). The van der Waals surface area contributed by atoms with Crippen LogP contribution < -0.4 is 0 Å². The van der Waals surface area contributed by atoms with Gasteiger partial charge in [0.1, 0.15) is 9.21 Å². The lowest BCUT2D eigenvalue weighted by Crippen LogP contribution is -1.87. The Morgan fingerprint density at radius 2 is 1.21 bits per heavy atom. The molecule has 0 spiro atoms. The Balaban J connectivity index is 2.83. The van der Waals surface area contributed by atoms with Crippen molar-refractivity contribution in [3.8, 4) is 11.5 Å². The van der Waals surface area contributed by atoms with Crippen molar-refractivity contribution in [1.82, 2.24) is 9.97 Å². The number of phenolic OH excluding ortho intramolecular Hbond substituents is 2. The van der Waals surface area contributed by atoms with Crippen molar-refractivity contribution in [3.63, 3.8) is 0 Å². The van der Waals surface area contributed by atoms with Gasteiger partial charge < -0.3 is 10.2 Å². The molecule has 1 aromatic carbocycles. The molecule has 1 heterocycles. The molecule has 0 fully saturated rings. The van der Waals surface area contributed by atoms with E-state index in [1.807, 2.05) is 0 Å². The minimum atomic E-state index is -0.207. The van der Waals surface area contributed by atoms with Gasteiger partial charge in [-0.3, -0.25) is 0 Å². The van der Waals surface area contributed by atoms with Gasteiger partial charge in [-0.05, 0) is 31.9 Å².